The van der Waals surface area contributed by atoms with Crippen molar-refractivity contribution in [2.45, 2.75) is 33.3 Å². The molecular weight excluding hydrogens is 371 g/mol. The number of cyclic esters (lactones) is 1. The molecule has 0 spiro atoms. The summed E-state index contributed by atoms with van der Waals surface area (Å²) in [5.74, 6) is -0.846. The summed E-state index contributed by atoms with van der Waals surface area (Å²) in [5.41, 5.74) is 1.54. The van der Waals surface area contributed by atoms with E-state index in [2.05, 4.69) is 10.6 Å². The summed E-state index contributed by atoms with van der Waals surface area (Å²) < 4.78 is 19.6. The molecule has 0 bridgehead atoms. The lowest BCUT2D eigenvalue weighted by atomic mass is 9.82. The standard InChI is InChI=1S/C20H20ClFN2O3/c1-11-8-12(21)4-7-16(11)24-19(26)23-13-5-6-15(22)14(9-13)18-20(2,3)10-17(25)27-18/h4-9,18H,10H2,1-3H3,(H2,23,24,26). The molecule has 5 nitrogen and oxygen atoms in total. The Hall–Kier alpha value is -2.60. The highest BCUT2D eigenvalue weighted by Crippen LogP contribution is 2.46. The molecule has 2 aromatic rings. The first-order valence-corrected chi connectivity index (χ1v) is 8.86. The Morgan fingerprint density at radius 3 is 2.59 bits per heavy atom. The van der Waals surface area contributed by atoms with Crippen molar-refractivity contribution in [2.24, 2.45) is 5.41 Å². The summed E-state index contributed by atoms with van der Waals surface area (Å²) in [6.45, 7) is 5.52. The van der Waals surface area contributed by atoms with Crippen LogP contribution in [0.15, 0.2) is 36.4 Å². The van der Waals surface area contributed by atoms with Gasteiger partial charge in [0.2, 0.25) is 0 Å². The smallest absolute Gasteiger partial charge is 0.323 e. The lowest BCUT2D eigenvalue weighted by molar-refractivity contribution is -0.142. The van der Waals surface area contributed by atoms with Crippen LogP contribution in [0.25, 0.3) is 0 Å². The van der Waals surface area contributed by atoms with E-state index in [1.54, 1.807) is 18.2 Å². The van der Waals surface area contributed by atoms with Gasteiger partial charge in [0.1, 0.15) is 11.9 Å². The van der Waals surface area contributed by atoms with Gasteiger partial charge in [-0.25, -0.2) is 9.18 Å². The molecule has 1 unspecified atom stereocenters. The van der Waals surface area contributed by atoms with Crippen LogP contribution in [0.4, 0.5) is 20.6 Å². The molecule has 3 rings (SSSR count). The van der Waals surface area contributed by atoms with E-state index in [0.29, 0.717) is 16.4 Å². The highest BCUT2D eigenvalue weighted by Gasteiger charge is 2.43. The molecule has 27 heavy (non-hydrogen) atoms. The third-order valence-electron chi connectivity index (χ3n) is 4.53. The summed E-state index contributed by atoms with van der Waals surface area (Å²) in [6.07, 6.45) is -0.487. The van der Waals surface area contributed by atoms with E-state index in [0.717, 1.165) is 5.56 Å². The summed E-state index contributed by atoms with van der Waals surface area (Å²) in [4.78, 5) is 23.9. The predicted molar refractivity (Wildman–Crippen MR) is 102 cm³/mol. The SMILES string of the molecule is Cc1cc(Cl)ccc1NC(=O)Nc1ccc(F)c(C2OC(=O)CC2(C)C)c1. The van der Waals surface area contributed by atoms with E-state index in [9.17, 15) is 14.0 Å². The molecule has 142 valence electrons. The summed E-state index contributed by atoms with van der Waals surface area (Å²) in [7, 11) is 0. The highest BCUT2D eigenvalue weighted by molar-refractivity contribution is 6.30. The van der Waals surface area contributed by atoms with Crippen LogP contribution in [-0.4, -0.2) is 12.0 Å². The maximum absolute atomic E-state index is 14.3. The molecule has 7 heteroatoms. The molecule has 1 saturated heterocycles. The zero-order chi connectivity index (χ0) is 19.8. The van der Waals surface area contributed by atoms with Crippen LogP contribution in [0.5, 0.6) is 0 Å². The van der Waals surface area contributed by atoms with Crippen molar-refractivity contribution < 1.29 is 18.7 Å². The quantitative estimate of drug-likeness (QED) is 0.685. The predicted octanol–water partition coefficient (Wildman–Crippen LogP) is 5.45. The Morgan fingerprint density at radius 2 is 1.96 bits per heavy atom. The Labute approximate surface area is 161 Å². The van der Waals surface area contributed by atoms with Crippen LogP contribution in [0, 0.1) is 18.2 Å². The molecule has 2 N–H and O–H groups in total. The van der Waals surface area contributed by atoms with Crippen LogP contribution < -0.4 is 10.6 Å². The lowest BCUT2D eigenvalue weighted by Gasteiger charge is -2.24. The van der Waals surface area contributed by atoms with E-state index < -0.39 is 23.4 Å². The van der Waals surface area contributed by atoms with E-state index in [1.807, 2.05) is 20.8 Å². The van der Waals surface area contributed by atoms with Crippen molar-refractivity contribution >= 4 is 35.0 Å². The first-order chi connectivity index (χ1) is 12.7. The number of hydrogen-bond donors (Lipinski definition) is 2. The van der Waals surface area contributed by atoms with Crippen LogP contribution in [-0.2, 0) is 9.53 Å². The van der Waals surface area contributed by atoms with Gasteiger partial charge in [-0.3, -0.25) is 4.79 Å². The fraction of sp³-hybridized carbons (Fsp3) is 0.300. The molecule has 2 amide bonds. The van der Waals surface area contributed by atoms with Crippen LogP contribution >= 0.6 is 11.6 Å². The summed E-state index contributed by atoms with van der Waals surface area (Å²) in [6, 6.07) is 8.85. The molecule has 1 aliphatic heterocycles. The van der Waals surface area contributed by atoms with Gasteiger partial charge in [0, 0.05) is 27.4 Å². The number of halogens is 2. The molecule has 0 saturated carbocycles. The fourth-order valence-electron chi connectivity index (χ4n) is 3.16. The molecule has 1 heterocycles. The first kappa shape index (κ1) is 19.2. The molecule has 1 fully saturated rings. The van der Waals surface area contributed by atoms with Gasteiger partial charge in [-0.1, -0.05) is 25.4 Å². The molecule has 0 radical (unpaired) electrons. The van der Waals surface area contributed by atoms with Crippen molar-refractivity contribution in [2.75, 3.05) is 10.6 Å². The van der Waals surface area contributed by atoms with Gasteiger partial charge in [-0.05, 0) is 48.9 Å². The van der Waals surface area contributed by atoms with Gasteiger partial charge >= 0.3 is 12.0 Å². The van der Waals surface area contributed by atoms with E-state index in [4.69, 9.17) is 16.3 Å². The number of esters is 1. The number of amides is 2. The maximum atomic E-state index is 14.3. The Morgan fingerprint density at radius 1 is 1.22 bits per heavy atom. The molecule has 0 aromatic heterocycles. The highest BCUT2D eigenvalue weighted by atomic mass is 35.5. The minimum Gasteiger partial charge on any atom is -0.457 e. The lowest BCUT2D eigenvalue weighted by Crippen LogP contribution is -2.21. The van der Waals surface area contributed by atoms with Crippen molar-refractivity contribution in [3.63, 3.8) is 0 Å². The third-order valence-corrected chi connectivity index (χ3v) is 4.77. The molecule has 1 aliphatic rings. The van der Waals surface area contributed by atoms with Crippen LogP contribution in [0.3, 0.4) is 0 Å². The minimum absolute atomic E-state index is 0.213. The van der Waals surface area contributed by atoms with Gasteiger partial charge in [-0.2, -0.15) is 0 Å². The first-order valence-electron chi connectivity index (χ1n) is 8.49. The number of hydrogen-bond acceptors (Lipinski definition) is 3. The van der Waals surface area contributed by atoms with Gasteiger partial charge in [0.25, 0.3) is 0 Å². The monoisotopic (exact) mass is 390 g/mol. The number of anilines is 2. The summed E-state index contributed by atoms with van der Waals surface area (Å²) in [5, 5.41) is 5.98. The van der Waals surface area contributed by atoms with Gasteiger partial charge < -0.3 is 15.4 Å². The molecule has 1 atom stereocenters. The second-order valence-electron chi connectivity index (χ2n) is 7.31. The Kier molecular flexibility index (Phi) is 5.11. The number of carbonyl (C=O) groups excluding carboxylic acids is 2. The average Bonchev–Trinajstić information content (AvgIpc) is 2.84. The molecular formula is C20H20ClFN2O3. The Balaban J connectivity index is 1.78. The normalized spacial score (nSPS) is 18.1. The largest absolute Gasteiger partial charge is 0.457 e. The average molecular weight is 391 g/mol. The van der Waals surface area contributed by atoms with Gasteiger partial charge in [-0.15, -0.1) is 0 Å². The van der Waals surface area contributed by atoms with Crippen LogP contribution in [0.2, 0.25) is 5.02 Å². The zero-order valence-electron chi connectivity index (χ0n) is 15.2. The van der Waals surface area contributed by atoms with Crippen molar-refractivity contribution in [1.29, 1.82) is 0 Å². The number of aryl methyl sites for hydroxylation is 1. The van der Waals surface area contributed by atoms with E-state index in [1.165, 1.54) is 18.2 Å². The zero-order valence-corrected chi connectivity index (χ0v) is 16.0. The number of carbonyl (C=O) groups is 2. The second kappa shape index (κ2) is 7.19. The van der Waals surface area contributed by atoms with Crippen molar-refractivity contribution in [3.05, 3.63) is 58.4 Å². The molecule has 2 aromatic carbocycles. The number of nitrogens with one attached hydrogen (secondary N) is 2. The van der Waals surface area contributed by atoms with E-state index >= 15 is 0 Å². The van der Waals surface area contributed by atoms with Crippen molar-refractivity contribution in [3.8, 4) is 0 Å². The topological polar surface area (TPSA) is 67.4 Å². The van der Waals surface area contributed by atoms with Crippen molar-refractivity contribution in [1.82, 2.24) is 0 Å². The number of benzene rings is 2. The maximum Gasteiger partial charge on any atom is 0.323 e. The fourth-order valence-corrected chi connectivity index (χ4v) is 3.38. The number of urea groups is 1. The third kappa shape index (κ3) is 4.22. The van der Waals surface area contributed by atoms with Crippen LogP contribution in [0.1, 0.15) is 37.5 Å². The van der Waals surface area contributed by atoms with E-state index in [-0.39, 0.29) is 18.0 Å². The second-order valence-corrected chi connectivity index (χ2v) is 7.75. The minimum atomic E-state index is -0.701. The van der Waals surface area contributed by atoms with Gasteiger partial charge in [0.15, 0.2) is 0 Å². The number of ether oxygens (including phenoxy) is 1. The number of rotatable bonds is 3. The van der Waals surface area contributed by atoms with Gasteiger partial charge in [0.05, 0.1) is 6.42 Å². The Bertz CT molecular complexity index is 914. The summed E-state index contributed by atoms with van der Waals surface area (Å²) >= 11 is 5.91. The molecule has 0 aliphatic carbocycles.